The number of hydrogen-bond donors (Lipinski definition) is 2. The molecule has 0 saturated carbocycles. The molecule has 0 aliphatic heterocycles. The Balaban J connectivity index is 2.78. The first-order valence-corrected chi connectivity index (χ1v) is 6.90. The molecule has 0 spiro atoms. The SMILES string of the molecule is CCN(CCC(=O)O)C(=O)Nc1cc(Cl)c(Cl)cc1Cl. The van der Waals surface area contributed by atoms with Crippen LogP contribution in [0.25, 0.3) is 0 Å². The van der Waals surface area contributed by atoms with Gasteiger partial charge in [-0.15, -0.1) is 0 Å². The summed E-state index contributed by atoms with van der Waals surface area (Å²) in [5.41, 5.74) is 0.319. The molecule has 0 atom stereocenters. The molecular formula is C12H13Cl3N2O3. The number of rotatable bonds is 5. The highest BCUT2D eigenvalue weighted by molar-refractivity contribution is 6.44. The lowest BCUT2D eigenvalue weighted by molar-refractivity contribution is -0.137. The van der Waals surface area contributed by atoms with Crippen LogP contribution in [0.15, 0.2) is 12.1 Å². The predicted molar refractivity (Wildman–Crippen MR) is 80.0 cm³/mol. The van der Waals surface area contributed by atoms with E-state index in [4.69, 9.17) is 39.9 Å². The van der Waals surface area contributed by atoms with Gasteiger partial charge in [0.15, 0.2) is 0 Å². The number of nitrogens with zero attached hydrogens (tertiary/aromatic N) is 1. The molecule has 2 amide bonds. The zero-order chi connectivity index (χ0) is 15.3. The number of hydrogen-bond acceptors (Lipinski definition) is 2. The number of nitrogens with one attached hydrogen (secondary N) is 1. The monoisotopic (exact) mass is 338 g/mol. The first-order valence-electron chi connectivity index (χ1n) is 5.77. The van der Waals surface area contributed by atoms with E-state index in [1.54, 1.807) is 6.92 Å². The lowest BCUT2D eigenvalue weighted by Gasteiger charge is -2.21. The largest absolute Gasteiger partial charge is 0.481 e. The van der Waals surface area contributed by atoms with Gasteiger partial charge in [0, 0.05) is 13.1 Å². The van der Waals surface area contributed by atoms with E-state index in [2.05, 4.69) is 5.32 Å². The number of carboxylic acid groups (broad SMARTS) is 1. The average Bonchev–Trinajstić information content (AvgIpc) is 2.36. The minimum Gasteiger partial charge on any atom is -0.481 e. The topological polar surface area (TPSA) is 69.6 Å². The molecule has 1 aromatic carbocycles. The molecule has 8 heteroatoms. The maximum Gasteiger partial charge on any atom is 0.321 e. The fourth-order valence-corrected chi connectivity index (χ4v) is 2.04. The Hall–Kier alpha value is -1.17. The van der Waals surface area contributed by atoms with E-state index in [0.717, 1.165) is 0 Å². The van der Waals surface area contributed by atoms with Crippen LogP contribution in [0, 0.1) is 0 Å². The van der Waals surface area contributed by atoms with Crippen LogP contribution in [0.3, 0.4) is 0 Å². The Bertz CT molecular complexity index is 523. The van der Waals surface area contributed by atoms with E-state index < -0.39 is 12.0 Å². The molecule has 20 heavy (non-hydrogen) atoms. The second kappa shape index (κ2) is 7.57. The van der Waals surface area contributed by atoms with Crippen molar-refractivity contribution in [1.29, 1.82) is 0 Å². The van der Waals surface area contributed by atoms with Gasteiger partial charge < -0.3 is 15.3 Å². The lowest BCUT2D eigenvalue weighted by atomic mass is 10.3. The van der Waals surface area contributed by atoms with Gasteiger partial charge in [0.05, 0.1) is 27.2 Å². The van der Waals surface area contributed by atoms with Crippen LogP contribution >= 0.6 is 34.8 Å². The predicted octanol–water partition coefficient (Wildman–Crippen LogP) is 3.98. The molecule has 5 nitrogen and oxygen atoms in total. The Morgan fingerprint density at radius 1 is 1.20 bits per heavy atom. The zero-order valence-electron chi connectivity index (χ0n) is 10.6. The fourth-order valence-electron chi connectivity index (χ4n) is 1.45. The molecule has 0 bridgehead atoms. The Morgan fingerprint density at radius 3 is 2.35 bits per heavy atom. The van der Waals surface area contributed by atoms with Gasteiger partial charge in [-0.25, -0.2) is 4.79 Å². The number of carboxylic acids is 1. The minimum absolute atomic E-state index is 0.108. The van der Waals surface area contributed by atoms with Crippen molar-refractivity contribution < 1.29 is 14.7 Å². The zero-order valence-corrected chi connectivity index (χ0v) is 12.9. The standard InChI is InChI=1S/C12H13Cl3N2O3/c1-2-17(4-3-11(18)19)12(20)16-10-6-8(14)7(13)5-9(10)15/h5-6H,2-4H2,1H3,(H,16,20)(H,18,19). The van der Waals surface area contributed by atoms with Crippen molar-refractivity contribution >= 4 is 52.5 Å². The van der Waals surface area contributed by atoms with Gasteiger partial charge in [0.1, 0.15) is 0 Å². The molecule has 0 aromatic heterocycles. The summed E-state index contributed by atoms with van der Waals surface area (Å²) in [6.45, 7) is 2.23. The fraction of sp³-hybridized carbons (Fsp3) is 0.333. The first kappa shape index (κ1) is 16.9. The van der Waals surface area contributed by atoms with E-state index in [0.29, 0.717) is 12.2 Å². The quantitative estimate of drug-likeness (QED) is 0.797. The normalized spacial score (nSPS) is 10.2. The lowest BCUT2D eigenvalue weighted by Crippen LogP contribution is -2.36. The molecule has 0 heterocycles. The molecule has 0 saturated heterocycles. The molecule has 2 N–H and O–H groups in total. The molecule has 1 aromatic rings. The number of urea groups is 1. The van der Waals surface area contributed by atoms with Crippen LogP contribution in [-0.4, -0.2) is 35.1 Å². The summed E-state index contributed by atoms with van der Waals surface area (Å²) < 4.78 is 0. The van der Waals surface area contributed by atoms with Crippen molar-refractivity contribution in [2.45, 2.75) is 13.3 Å². The maximum absolute atomic E-state index is 12.0. The summed E-state index contributed by atoms with van der Waals surface area (Å²) in [7, 11) is 0. The molecule has 0 unspecified atom stereocenters. The number of anilines is 1. The van der Waals surface area contributed by atoms with Crippen LogP contribution in [0.1, 0.15) is 13.3 Å². The van der Waals surface area contributed by atoms with Crippen molar-refractivity contribution in [3.05, 3.63) is 27.2 Å². The van der Waals surface area contributed by atoms with Crippen LogP contribution in [0.4, 0.5) is 10.5 Å². The summed E-state index contributed by atoms with van der Waals surface area (Å²) >= 11 is 17.6. The third-order valence-corrected chi connectivity index (χ3v) is 3.55. The Kier molecular flexibility index (Phi) is 6.39. The number of aliphatic carboxylic acids is 1. The van der Waals surface area contributed by atoms with Crippen molar-refractivity contribution in [1.82, 2.24) is 4.90 Å². The van der Waals surface area contributed by atoms with Gasteiger partial charge in [0.2, 0.25) is 0 Å². The van der Waals surface area contributed by atoms with E-state index in [1.165, 1.54) is 17.0 Å². The molecule has 0 fully saturated rings. The van der Waals surface area contributed by atoms with Gasteiger partial charge in [0.25, 0.3) is 0 Å². The number of halogens is 3. The minimum atomic E-state index is -0.969. The number of benzene rings is 1. The van der Waals surface area contributed by atoms with E-state index in [9.17, 15) is 9.59 Å². The Labute approximate surface area is 131 Å². The smallest absolute Gasteiger partial charge is 0.321 e. The van der Waals surface area contributed by atoms with E-state index in [-0.39, 0.29) is 28.0 Å². The van der Waals surface area contributed by atoms with Crippen LogP contribution in [-0.2, 0) is 4.79 Å². The van der Waals surface area contributed by atoms with Gasteiger partial charge in [-0.3, -0.25) is 4.79 Å². The second-order valence-electron chi connectivity index (χ2n) is 3.90. The van der Waals surface area contributed by atoms with Gasteiger partial charge in [-0.1, -0.05) is 34.8 Å². The van der Waals surface area contributed by atoms with Crippen molar-refractivity contribution in [2.75, 3.05) is 18.4 Å². The summed E-state index contributed by atoms with van der Waals surface area (Å²) in [5, 5.41) is 12.0. The number of carbonyl (C=O) groups excluding carboxylic acids is 1. The van der Waals surface area contributed by atoms with Crippen molar-refractivity contribution in [2.24, 2.45) is 0 Å². The maximum atomic E-state index is 12.0. The van der Waals surface area contributed by atoms with Gasteiger partial charge >= 0.3 is 12.0 Å². The Morgan fingerprint density at radius 2 is 1.80 bits per heavy atom. The van der Waals surface area contributed by atoms with Crippen LogP contribution in [0.5, 0.6) is 0 Å². The molecule has 1 rings (SSSR count). The number of carbonyl (C=O) groups is 2. The second-order valence-corrected chi connectivity index (χ2v) is 5.12. The third kappa shape index (κ3) is 4.74. The number of amides is 2. The summed E-state index contributed by atoms with van der Waals surface area (Å²) in [6.07, 6.45) is -0.129. The highest BCUT2D eigenvalue weighted by atomic mass is 35.5. The summed E-state index contributed by atoms with van der Waals surface area (Å²) in [4.78, 5) is 23.9. The molecule has 110 valence electrons. The van der Waals surface area contributed by atoms with Crippen LogP contribution < -0.4 is 5.32 Å². The molecule has 0 radical (unpaired) electrons. The summed E-state index contributed by atoms with van der Waals surface area (Å²) in [6, 6.07) is 2.41. The molecule has 0 aliphatic rings. The van der Waals surface area contributed by atoms with E-state index in [1.807, 2.05) is 0 Å². The van der Waals surface area contributed by atoms with E-state index >= 15 is 0 Å². The van der Waals surface area contributed by atoms with Crippen LogP contribution in [0.2, 0.25) is 15.1 Å². The van der Waals surface area contributed by atoms with Crippen molar-refractivity contribution in [3.63, 3.8) is 0 Å². The average molecular weight is 340 g/mol. The molecular weight excluding hydrogens is 327 g/mol. The van der Waals surface area contributed by atoms with Crippen molar-refractivity contribution in [3.8, 4) is 0 Å². The summed E-state index contributed by atoms with van der Waals surface area (Å²) in [5.74, 6) is -0.969. The van der Waals surface area contributed by atoms with Gasteiger partial charge in [-0.2, -0.15) is 0 Å². The highest BCUT2D eigenvalue weighted by Crippen LogP contribution is 2.32. The molecule has 0 aliphatic carbocycles. The third-order valence-electron chi connectivity index (χ3n) is 2.52. The highest BCUT2D eigenvalue weighted by Gasteiger charge is 2.15. The van der Waals surface area contributed by atoms with Gasteiger partial charge in [-0.05, 0) is 19.1 Å². The first-order chi connectivity index (χ1) is 9.35.